The van der Waals surface area contributed by atoms with Gasteiger partial charge in [-0.2, -0.15) is 0 Å². The third-order valence-corrected chi connectivity index (χ3v) is 4.45. The molecule has 2 aromatic rings. The van der Waals surface area contributed by atoms with Crippen LogP contribution in [0.2, 0.25) is 0 Å². The summed E-state index contributed by atoms with van der Waals surface area (Å²) < 4.78 is 2.26. The molecule has 1 unspecified atom stereocenters. The Balaban J connectivity index is 0.00000156. The Labute approximate surface area is 161 Å². The zero-order valence-electron chi connectivity index (χ0n) is 14.8. The molecular weight excluding hydrogens is 359 g/mol. The SMILES string of the molecule is CC(C)n1c(CCNC(=O)CC2CCCN2)nc2ccccc21.Cl.Cl. The number of amides is 1. The van der Waals surface area contributed by atoms with E-state index in [1.165, 1.54) is 11.9 Å². The molecule has 0 aliphatic carbocycles. The minimum Gasteiger partial charge on any atom is -0.356 e. The highest BCUT2D eigenvalue weighted by Gasteiger charge is 2.18. The normalized spacial score (nSPS) is 16.5. The number of hydrogen-bond acceptors (Lipinski definition) is 3. The van der Waals surface area contributed by atoms with Gasteiger partial charge in [0, 0.05) is 31.5 Å². The summed E-state index contributed by atoms with van der Waals surface area (Å²) in [6, 6.07) is 8.92. The Hall–Kier alpha value is -1.30. The Morgan fingerprint density at radius 1 is 1.36 bits per heavy atom. The fourth-order valence-electron chi connectivity index (χ4n) is 3.39. The number of halogens is 2. The number of carbonyl (C=O) groups excluding carboxylic acids is 1. The molecule has 0 radical (unpaired) electrons. The van der Waals surface area contributed by atoms with Crippen LogP contribution in [0.15, 0.2) is 24.3 Å². The second kappa shape index (κ2) is 10.00. The van der Waals surface area contributed by atoms with Crippen LogP contribution in [0.4, 0.5) is 0 Å². The van der Waals surface area contributed by atoms with Crippen LogP contribution in [0.1, 0.15) is 45.0 Å². The van der Waals surface area contributed by atoms with Gasteiger partial charge in [-0.1, -0.05) is 12.1 Å². The zero-order chi connectivity index (χ0) is 16.2. The van der Waals surface area contributed by atoms with Gasteiger partial charge in [0.15, 0.2) is 0 Å². The molecule has 7 heteroatoms. The van der Waals surface area contributed by atoms with Gasteiger partial charge in [-0.3, -0.25) is 4.79 Å². The minimum atomic E-state index is 0. The van der Waals surface area contributed by atoms with Gasteiger partial charge < -0.3 is 15.2 Å². The lowest BCUT2D eigenvalue weighted by molar-refractivity contribution is -0.121. The summed E-state index contributed by atoms with van der Waals surface area (Å²) in [5.74, 6) is 1.18. The zero-order valence-corrected chi connectivity index (χ0v) is 16.5. The smallest absolute Gasteiger partial charge is 0.221 e. The van der Waals surface area contributed by atoms with E-state index in [-0.39, 0.29) is 30.7 Å². The van der Waals surface area contributed by atoms with Crippen LogP contribution in [0.5, 0.6) is 0 Å². The van der Waals surface area contributed by atoms with Crippen LogP contribution in [0, 0.1) is 0 Å². The van der Waals surface area contributed by atoms with E-state index in [9.17, 15) is 4.79 Å². The van der Waals surface area contributed by atoms with Crippen LogP contribution in [0.3, 0.4) is 0 Å². The van der Waals surface area contributed by atoms with Crippen molar-refractivity contribution in [1.82, 2.24) is 20.2 Å². The number of hydrogen-bond donors (Lipinski definition) is 2. The highest BCUT2D eigenvalue weighted by atomic mass is 35.5. The first-order chi connectivity index (χ1) is 11.1. The average Bonchev–Trinajstić information content (AvgIpc) is 3.13. The first-order valence-corrected chi connectivity index (χ1v) is 8.61. The van der Waals surface area contributed by atoms with Crippen molar-refractivity contribution < 1.29 is 4.79 Å². The summed E-state index contributed by atoms with van der Waals surface area (Å²) in [6.45, 7) is 6.02. The Bertz CT molecular complexity index is 681. The predicted molar refractivity (Wildman–Crippen MR) is 107 cm³/mol. The number of rotatable bonds is 6. The van der Waals surface area contributed by atoms with Crippen LogP contribution in [-0.2, 0) is 11.2 Å². The number of para-hydroxylation sites is 2. The van der Waals surface area contributed by atoms with Gasteiger partial charge in [0.2, 0.25) is 5.91 Å². The van der Waals surface area contributed by atoms with E-state index in [0.29, 0.717) is 25.0 Å². The lowest BCUT2D eigenvalue weighted by Gasteiger charge is -2.14. The predicted octanol–water partition coefficient (Wildman–Crippen LogP) is 3.26. The van der Waals surface area contributed by atoms with Gasteiger partial charge >= 0.3 is 0 Å². The summed E-state index contributed by atoms with van der Waals surface area (Å²) in [6.07, 6.45) is 3.63. The summed E-state index contributed by atoms with van der Waals surface area (Å²) in [5, 5.41) is 6.40. The van der Waals surface area contributed by atoms with Gasteiger partial charge in [-0.25, -0.2) is 4.98 Å². The quantitative estimate of drug-likeness (QED) is 0.800. The largest absolute Gasteiger partial charge is 0.356 e. The number of fused-ring (bicyclic) bond motifs is 1. The van der Waals surface area contributed by atoms with Crippen molar-refractivity contribution in [2.75, 3.05) is 13.1 Å². The Morgan fingerprint density at radius 2 is 2.12 bits per heavy atom. The molecular formula is C18H28Cl2N4O. The van der Waals surface area contributed by atoms with Crippen LogP contribution in [0.25, 0.3) is 11.0 Å². The van der Waals surface area contributed by atoms with E-state index in [1.807, 2.05) is 18.2 Å². The first-order valence-electron chi connectivity index (χ1n) is 8.61. The van der Waals surface area contributed by atoms with Gasteiger partial charge in [0.1, 0.15) is 5.82 Å². The minimum absolute atomic E-state index is 0. The molecule has 2 N–H and O–H groups in total. The number of carbonyl (C=O) groups is 1. The highest BCUT2D eigenvalue weighted by Crippen LogP contribution is 2.21. The molecule has 0 bridgehead atoms. The number of aromatic nitrogens is 2. The van der Waals surface area contributed by atoms with Crippen molar-refractivity contribution in [2.24, 2.45) is 0 Å². The van der Waals surface area contributed by atoms with E-state index in [2.05, 4.69) is 35.1 Å². The third-order valence-electron chi connectivity index (χ3n) is 4.45. The molecule has 0 saturated carbocycles. The third kappa shape index (κ3) is 5.33. The maximum Gasteiger partial charge on any atom is 0.221 e. The topological polar surface area (TPSA) is 59.0 Å². The van der Waals surface area contributed by atoms with Crippen molar-refractivity contribution >= 4 is 41.8 Å². The van der Waals surface area contributed by atoms with Crippen molar-refractivity contribution in [3.8, 4) is 0 Å². The molecule has 3 rings (SSSR count). The van der Waals surface area contributed by atoms with Crippen molar-refractivity contribution in [1.29, 1.82) is 0 Å². The maximum absolute atomic E-state index is 12.0. The summed E-state index contributed by atoms with van der Waals surface area (Å²) >= 11 is 0. The van der Waals surface area contributed by atoms with Crippen molar-refractivity contribution in [2.45, 2.75) is 51.6 Å². The first kappa shape index (κ1) is 21.7. The van der Waals surface area contributed by atoms with Crippen LogP contribution >= 0.6 is 24.8 Å². The highest BCUT2D eigenvalue weighted by molar-refractivity contribution is 5.85. The van der Waals surface area contributed by atoms with Crippen molar-refractivity contribution in [3.05, 3.63) is 30.1 Å². The van der Waals surface area contributed by atoms with E-state index >= 15 is 0 Å². The summed E-state index contributed by atoms with van der Waals surface area (Å²) in [7, 11) is 0. The van der Waals surface area contributed by atoms with Gasteiger partial charge in [0.05, 0.1) is 11.0 Å². The second-order valence-electron chi connectivity index (χ2n) is 6.58. The van der Waals surface area contributed by atoms with E-state index in [0.717, 1.165) is 30.7 Å². The maximum atomic E-state index is 12.0. The molecule has 1 aromatic carbocycles. The molecule has 2 heterocycles. The molecule has 140 valence electrons. The molecule has 25 heavy (non-hydrogen) atoms. The van der Waals surface area contributed by atoms with E-state index in [1.54, 1.807) is 0 Å². The lowest BCUT2D eigenvalue weighted by Crippen LogP contribution is -2.33. The van der Waals surface area contributed by atoms with Gasteiger partial charge in [0.25, 0.3) is 0 Å². The standard InChI is InChI=1S/C18H26N4O.2ClH/c1-13(2)22-16-8-4-3-7-15(16)21-17(22)9-11-20-18(23)12-14-6-5-10-19-14;;/h3-4,7-8,13-14,19H,5-6,9-12H2,1-2H3,(H,20,23);2*1H. The summed E-state index contributed by atoms with van der Waals surface area (Å²) in [4.78, 5) is 16.7. The second-order valence-corrected chi connectivity index (χ2v) is 6.58. The van der Waals surface area contributed by atoms with Gasteiger partial charge in [-0.15, -0.1) is 24.8 Å². The molecule has 1 atom stereocenters. The number of benzene rings is 1. The average molecular weight is 387 g/mol. The van der Waals surface area contributed by atoms with E-state index in [4.69, 9.17) is 4.98 Å². The van der Waals surface area contributed by atoms with E-state index < -0.39 is 0 Å². The fraction of sp³-hybridized carbons (Fsp3) is 0.556. The molecule has 0 spiro atoms. The molecule has 1 aliphatic rings. The number of nitrogens with zero attached hydrogens (tertiary/aromatic N) is 2. The van der Waals surface area contributed by atoms with Crippen LogP contribution < -0.4 is 10.6 Å². The Kier molecular flexibility index (Phi) is 8.69. The number of nitrogens with one attached hydrogen (secondary N) is 2. The molecule has 5 nitrogen and oxygen atoms in total. The number of imidazole rings is 1. The summed E-state index contributed by atoms with van der Waals surface area (Å²) in [5.41, 5.74) is 2.19. The molecule has 1 saturated heterocycles. The monoisotopic (exact) mass is 386 g/mol. The Morgan fingerprint density at radius 3 is 2.80 bits per heavy atom. The van der Waals surface area contributed by atoms with Gasteiger partial charge in [-0.05, 0) is 45.4 Å². The fourth-order valence-corrected chi connectivity index (χ4v) is 3.39. The molecule has 1 fully saturated rings. The van der Waals surface area contributed by atoms with Crippen LogP contribution in [-0.4, -0.2) is 34.6 Å². The molecule has 1 amide bonds. The molecule has 1 aromatic heterocycles. The lowest BCUT2D eigenvalue weighted by atomic mass is 10.1. The van der Waals surface area contributed by atoms with Crippen molar-refractivity contribution in [3.63, 3.8) is 0 Å². The molecule has 1 aliphatic heterocycles.